The third-order valence-corrected chi connectivity index (χ3v) is 3.34. The second-order valence-corrected chi connectivity index (χ2v) is 4.90. The quantitative estimate of drug-likeness (QED) is 0.752. The van der Waals surface area contributed by atoms with Gasteiger partial charge in [-0.25, -0.2) is 4.98 Å². The molecule has 0 saturated carbocycles. The molecule has 2 heterocycles. The molecule has 3 N–H and O–H groups in total. The van der Waals surface area contributed by atoms with Gasteiger partial charge >= 0.3 is 0 Å². The first-order chi connectivity index (χ1) is 9.59. The summed E-state index contributed by atoms with van der Waals surface area (Å²) in [5, 5.41) is 7.27. The van der Waals surface area contributed by atoms with Crippen molar-refractivity contribution >= 4 is 22.5 Å². The maximum absolute atomic E-state index is 12.7. The Morgan fingerprint density at radius 3 is 2.90 bits per heavy atom. The van der Waals surface area contributed by atoms with Crippen molar-refractivity contribution in [1.82, 2.24) is 19.7 Å². The van der Waals surface area contributed by atoms with Crippen LogP contribution in [0.5, 0.6) is 0 Å². The largest absolute Gasteiger partial charge is 0.322 e. The van der Waals surface area contributed by atoms with Gasteiger partial charge in [-0.2, -0.15) is 5.10 Å². The van der Waals surface area contributed by atoms with Gasteiger partial charge in [-0.15, -0.1) is 0 Å². The molecule has 0 saturated heterocycles. The number of hydrogen-bond acceptors (Lipinski definition) is 4. The van der Waals surface area contributed by atoms with Crippen molar-refractivity contribution in [2.24, 2.45) is 5.73 Å². The van der Waals surface area contributed by atoms with Crippen molar-refractivity contribution in [3.8, 4) is 5.69 Å². The maximum atomic E-state index is 12.7. The number of rotatable bonds is 2. The lowest BCUT2D eigenvalue weighted by Crippen LogP contribution is -2.27. The van der Waals surface area contributed by atoms with Gasteiger partial charge in [0.25, 0.3) is 5.56 Å². The highest BCUT2D eigenvalue weighted by Crippen LogP contribution is 2.21. The maximum Gasteiger partial charge on any atom is 0.267 e. The molecule has 102 valence electrons. The lowest BCUT2D eigenvalue weighted by Gasteiger charge is -2.14. The highest BCUT2D eigenvalue weighted by Gasteiger charge is 2.17. The number of hydrogen-bond donors (Lipinski definition) is 2. The molecule has 3 aromatic rings. The number of H-pyrrole nitrogens is 1. The van der Waals surface area contributed by atoms with E-state index >= 15 is 0 Å². The SMILES string of the molecule is C[C@H](N)c1nc2cccc(Cl)c2c(=O)n1-c1cn[nH]c1. The first-order valence-corrected chi connectivity index (χ1v) is 6.43. The topological polar surface area (TPSA) is 89.6 Å². The number of aromatic nitrogens is 4. The number of nitrogens with one attached hydrogen (secondary N) is 1. The van der Waals surface area contributed by atoms with Gasteiger partial charge in [-0.3, -0.25) is 14.5 Å². The normalized spacial score (nSPS) is 12.8. The van der Waals surface area contributed by atoms with Gasteiger partial charge < -0.3 is 5.73 Å². The Hall–Kier alpha value is -2.18. The minimum atomic E-state index is -0.402. The van der Waals surface area contributed by atoms with Crippen molar-refractivity contribution in [3.05, 3.63) is 51.8 Å². The summed E-state index contributed by atoms with van der Waals surface area (Å²) in [4.78, 5) is 17.2. The highest BCUT2D eigenvalue weighted by molar-refractivity contribution is 6.35. The molecule has 0 spiro atoms. The molecule has 0 bridgehead atoms. The van der Waals surface area contributed by atoms with Crippen LogP contribution in [-0.4, -0.2) is 19.7 Å². The summed E-state index contributed by atoms with van der Waals surface area (Å²) in [6.45, 7) is 1.77. The van der Waals surface area contributed by atoms with Gasteiger partial charge in [0.05, 0.1) is 33.9 Å². The van der Waals surface area contributed by atoms with Gasteiger partial charge in [-0.1, -0.05) is 17.7 Å². The summed E-state index contributed by atoms with van der Waals surface area (Å²) in [6, 6.07) is 4.76. The molecule has 6 nitrogen and oxygen atoms in total. The molecule has 0 unspecified atom stereocenters. The Morgan fingerprint density at radius 2 is 2.25 bits per heavy atom. The molecule has 0 fully saturated rings. The molecule has 0 radical (unpaired) electrons. The van der Waals surface area contributed by atoms with E-state index < -0.39 is 6.04 Å². The Kier molecular flexibility index (Phi) is 3.04. The molecule has 3 rings (SSSR count). The van der Waals surface area contributed by atoms with E-state index in [9.17, 15) is 4.79 Å². The first-order valence-electron chi connectivity index (χ1n) is 6.05. The molecule has 20 heavy (non-hydrogen) atoms. The van der Waals surface area contributed by atoms with E-state index in [0.717, 1.165) is 0 Å². The van der Waals surface area contributed by atoms with E-state index in [0.29, 0.717) is 27.4 Å². The second-order valence-electron chi connectivity index (χ2n) is 4.49. The van der Waals surface area contributed by atoms with Crippen molar-refractivity contribution in [3.63, 3.8) is 0 Å². The van der Waals surface area contributed by atoms with E-state index in [4.69, 9.17) is 17.3 Å². The highest BCUT2D eigenvalue weighted by atomic mass is 35.5. The third kappa shape index (κ3) is 1.90. The average molecular weight is 290 g/mol. The van der Waals surface area contributed by atoms with Crippen LogP contribution in [0.4, 0.5) is 0 Å². The predicted molar refractivity (Wildman–Crippen MR) is 77.1 cm³/mol. The number of halogens is 1. The number of nitrogens with two attached hydrogens (primary N) is 1. The van der Waals surface area contributed by atoms with Crippen LogP contribution in [-0.2, 0) is 0 Å². The van der Waals surface area contributed by atoms with Crippen LogP contribution in [0.1, 0.15) is 18.8 Å². The average Bonchev–Trinajstić information content (AvgIpc) is 2.91. The summed E-state index contributed by atoms with van der Waals surface area (Å²) in [5.41, 5.74) is 6.79. The fraction of sp³-hybridized carbons (Fsp3) is 0.154. The molecule has 1 aromatic carbocycles. The molecule has 0 aliphatic rings. The van der Waals surface area contributed by atoms with Crippen LogP contribution in [0.15, 0.2) is 35.4 Å². The number of fused-ring (bicyclic) bond motifs is 1. The van der Waals surface area contributed by atoms with E-state index in [1.807, 2.05) is 0 Å². The van der Waals surface area contributed by atoms with E-state index in [2.05, 4.69) is 15.2 Å². The summed E-state index contributed by atoms with van der Waals surface area (Å²) in [7, 11) is 0. The van der Waals surface area contributed by atoms with Crippen molar-refractivity contribution in [1.29, 1.82) is 0 Å². The summed E-state index contributed by atoms with van der Waals surface area (Å²) < 4.78 is 1.43. The van der Waals surface area contributed by atoms with E-state index in [1.165, 1.54) is 10.8 Å². The van der Waals surface area contributed by atoms with Gasteiger partial charge in [0.1, 0.15) is 5.82 Å². The summed E-state index contributed by atoms with van der Waals surface area (Å²) in [6.07, 6.45) is 3.15. The van der Waals surface area contributed by atoms with Crippen molar-refractivity contribution < 1.29 is 0 Å². The van der Waals surface area contributed by atoms with Crippen LogP contribution in [0.3, 0.4) is 0 Å². The smallest absolute Gasteiger partial charge is 0.267 e. The number of nitrogens with zero attached hydrogens (tertiary/aromatic N) is 3. The monoisotopic (exact) mass is 289 g/mol. The fourth-order valence-corrected chi connectivity index (χ4v) is 2.38. The zero-order chi connectivity index (χ0) is 14.3. The summed E-state index contributed by atoms with van der Waals surface area (Å²) >= 11 is 6.12. The number of aromatic amines is 1. The first kappa shape index (κ1) is 12.8. The fourth-order valence-electron chi connectivity index (χ4n) is 2.13. The number of benzene rings is 1. The zero-order valence-electron chi connectivity index (χ0n) is 10.7. The standard InChI is InChI=1S/C13H12ClN5O/c1-7(15)12-18-10-4-2-3-9(14)11(10)13(20)19(12)8-5-16-17-6-8/h2-7H,15H2,1H3,(H,16,17)/t7-/m0/s1. The van der Waals surface area contributed by atoms with Gasteiger partial charge in [0.2, 0.25) is 0 Å². The zero-order valence-corrected chi connectivity index (χ0v) is 11.4. The minimum Gasteiger partial charge on any atom is -0.322 e. The van der Waals surface area contributed by atoms with Crippen LogP contribution < -0.4 is 11.3 Å². The van der Waals surface area contributed by atoms with Crippen LogP contribution in [0, 0.1) is 0 Å². The Balaban J connectivity index is 2.48. The van der Waals surface area contributed by atoms with Gasteiger partial charge in [0.15, 0.2) is 0 Å². The van der Waals surface area contributed by atoms with Crippen molar-refractivity contribution in [2.45, 2.75) is 13.0 Å². The van der Waals surface area contributed by atoms with Crippen LogP contribution in [0.2, 0.25) is 5.02 Å². The van der Waals surface area contributed by atoms with Crippen molar-refractivity contribution in [2.75, 3.05) is 0 Å². The third-order valence-electron chi connectivity index (χ3n) is 3.02. The van der Waals surface area contributed by atoms with Crippen LogP contribution >= 0.6 is 11.6 Å². The molecule has 0 aliphatic heterocycles. The van der Waals surface area contributed by atoms with E-state index in [-0.39, 0.29) is 5.56 Å². The Morgan fingerprint density at radius 1 is 1.45 bits per heavy atom. The van der Waals surface area contributed by atoms with Gasteiger partial charge in [0, 0.05) is 6.20 Å². The lowest BCUT2D eigenvalue weighted by atomic mass is 10.2. The molecule has 1 atom stereocenters. The molecule has 0 aliphatic carbocycles. The second kappa shape index (κ2) is 4.73. The Labute approximate surface area is 119 Å². The molecular weight excluding hydrogens is 278 g/mol. The Bertz CT molecular complexity index is 823. The molecule has 2 aromatic heterocycles. The molecule has 7 heteroatoms. The van der Waals surface area contributed by atoms with E-state index in [1.54, 1.807) is 31.3 Å². The molecular formula is C13H12ClN5O. The molecule has 0 amide bonds. The minimum absolute atomic E-state index is 0.255. The van der Waals surface area contributed by atoms with Crippen LogP contribution in [0.25, 0.3) is 16.6 Å². The van der Waals surface area contributed by atoms with Gasteiger partial charge in [-0.05, 0) is 19.1 Å². The summed E-state index contributed by atoms with van der Waals surface area (Å²) in [5.74, 6) is 0.464. The predicted octanol–water partition coefficient (Wildman–Crippen LogP) is 1.78. The lowest BCUT2D eigenvalue weighted by molar-refractivity contribution is 0.696.